The van der Waals surface area contributed by atoms with E-state index in [1.807, 2.05) is 0 Å². The van der Waals surface area contributed by atoms with Crippen LogP contribution in [0.2, 0.25) is 0 Å². The molecule has 0 bridgehead atoms. The molecule has 1 unspecified atom stereocenters. The molecule has 1 rings (SSSR count). The number of nitrogens with one attached hydrogen (secondary N) is 1. The van der Waals surface area contributed by atoms with Crippen molar-refractivity contribution >= 4 is 0 Å². The van der Waals surface area contributed by atoms with Crippen LogP contribution in [0.5, 0.6) is 0 Å². The van der Waals surface area contributed by atoms with Crippen LogP contribution in [0, 0.1) is 16.7 Å². The van der Waals surface area contributed by atoms with Gasteiger partial charge >= 0.3 is 0 Å². The number of aliphatic hydroxyl groups excluding tert-OH is 1. The Morgan fingerprint density at radius 1 is 1.11 bits per heavy atom. The van der Waals surface area contributed by atoms with Crippen molar-refractivity contribution in [3.05, 3.63) is 0 Å². The Kier molecular flexibility index (Phi) is 5.25. The van der Waals surface area contributed by atoms with Gasteiger partial charge in [0.2, 0.25) is 0 Å². The van der Waals surface area contributed by atoms with Crippen molar-refractivity contribution < 1.29 is 5.11 Å². The first-order chi connectivity index (χ1) is 8.13. The molecule has 1 atom stereocenters. The Morgan fingerprint density at radius 2 is 1.61 bits per heavy atom. The van der Waals surface area contributed by atoms with Gasteiger partial charge in [-0.2, -0.15) is 0 Å². The molecule has 0 aromatic rings. The molecule has 1 fully saturated rings. The quantitative estimate of drug-likeness (QED) is 0.787. The van der Waals surface area contributed by atoms with E-state index in [-0.39, 0.29) is 12.6 Å². The van der Waals surface area contributed by atoms with Crippen LogP contribution in [-0.2, 0) is 0 Å². The summed E-state index contributed by atoms with van der Waals surface area (Å²) < 4.78 is 0. The summed E-state index contributed by atoms with van der Waals surface area (Å²) in [5, 5.41) is 13.2. The first-order valence-corrected chi connectivity index (χ1v) is 7.50. The Labute approximate surface area is 114 Å². The maximum Gasteiger partial charge on any atom is 0.0584 e. The van der Waals surface area contributed by atoms with Gasteiger partial charge in [-0.1, -0.05) is 41.5 Å². The first-order valence-electron chi connectivity index (χ1n) is 7.50. The van der Waals surface area contributed by atoms with E-state index in [9.17, 15) is 5.11 Å². The Morgan fingerprint density at radius 3 is 2.00 bits per heavy atom. The molecule has 0 saturated heterocycles. The highest BCUT2D eigenvalue weighted by atomic mass is 16.3. The van der Waals surface area contributed by atoms with E-state index >= 15 is 0 Å². The number of aliphatic hydroxyl groups is 1. The molecule has 2 nitrogen and oxygen atoms in total. The van der Waals surface area contributed by atoms with Crippen molar-refractivity contribution in [3.8, 4) is 0 Å². The van der Waals surface area contributed by atoms with Gasteiger partial charge in [-0.05, 0) is 42.4 Å². The van der Waals surface area contributed by atoms with E-state index in [2.05, 4.69) is 46.9 Å². The molecule has 18 heavy (non-hydrogen) atoms. The fourth-order valence-electron chi connectivity index (χ4n) is 4.06. The molecule has 0 aromatic heterocycles. The van der Waals surface area contributed by atoms with Gasteiger partial charge in [0, 0.05) is 12.1 Å². The number of hydrogen-bond acceptors (Lipinski definition) is 2. The topological polar surface area (TPSA) is 32.3 Å². The SMILES string of the molecule is CC(C)CC(CO)NC1CC(C)(C)CC(C)(C)C1. The lowest BCUT2D eigenvalue weighted by Gasteiger charge is -2.46. The van der Waals surface area contributed by atoms with E-state index in [4.69, 9.17) is 0 Å². The summed E-state index contributed by atoms with van der Waals surface area (Å²) in [6.45, 7) is 14.2. The van der Waals surface area contributed by atoms with Crippen LogP contribution in [0.15, 0.2) is 0 Å². The summed E-state index contributed by atoms with van der Waals surface area (Å²) in [7, 11) is 0. The van der Waals surface area contributed by atoms with Crippen molar-refractivity contribution in [2.24, 2.45) is 16.7 Å². The highest BCUT2D eigenvalue weighted by molar-refractivity contribution is 4.93. The molecule has 0 aromatic carbocycles. The summed E-state index contributed by atoms with van der Waals surface area (Å²) in [5.74, 6) is 0.638. The lowest BCUT2D eigenvalue weighted by Crippen LogP contribution is -2.48. The lowest BCUT2D eigenvalue weighted by atomic mass is 9.63. The number of hydrogen-bond donors (Lipinski definition) is 2. The van der Waals surface area contributed by atoms with E-state index in [0.29, 0.717) is 22.8 Å². The second kappa shape index (κ2) is 5.92. The molecule has 0 aliphatic heterocycles. The fourth-order valence-corrected chi connectivity index (χ4v) is 4.06. The highest BCUT2D eigenvalue weighted by Gasteiger charge is 2.38. The second-order valence-electron chi connectivity index (χ2n) is 8.29. The van der Waals surface area contributed by atoms with Gasteiger partial charge < -0.3 is 10.4 Å². The van der Waals surface area contributed by atoms with Crippen LogP contribution >= 0.6 is 0 Å². The van der Waals surface area contributed by atoms with Gasteiger partial charge in [-0.25, -0.2) is 0 Å². The van der Waals surface area contributed by atoms with E-state index in [0.717, 1.165) is 6.42 Å². The largest absolute Gasteiger partial charge is 0.395 e. The molecule has 0 amide bonds. The maximum atomic E-state index is 9.50. The molecule has 1 aliphatic carbocycles. The van der Waals surface area contributed by atoms with Gasteiger partial charge in [0.05, 0.1) is 6.61 Å². The zero-order valence-corrected chi connectivity index (χ0v) is 13.2. The average molecular weight is 255 g/mol. The van der Waals surface area contributed by atoms with Crippen molar-refractivity contribution in [3.63, 3.8) is 0 Å². The third kappa shape index (κ3) is 5.27. The van der Waals surface area contributed by atoms with E-state index in [1.165, 1.54) is 19.3 Å². The lowest BCUT2D eigenvalue weighted by molar-refractivity contribution is 0.0728. The van der Waals surface area contributed by atoms with Gasteiger partial charge in [-0.3, -0.25) is 0 Å². The van der Waals surface area contributed by atoms with Crippen LogP contribution in [0.4, 0.5) is 0 Å². The van der Waals surface area contributed by atoms with Crippen LogP contribution in [0.25, 0.3) is 0 Å². The van der Waals surface area contributed by atoms with E-state index in [1.54, 1.807) is 0 Å². The fraction of sp³-hybridized carbons (Fsp3) is 1.00. The smallest absolute Gasteiger partial charge is 0.0584 e. The third-order valence-electron chi connectivity index (χ3n) is 4.00. The second-order valence-corrected chi connectivity index (χ2v) is 8.29. The van der Waals surface area contributed by atoms with Gasteiger partial charge in [-0.15, -0.1) is 0 Å². The minimum absolute atomic E-state index is 0.259. The molecule has 1 saturated carbocycles. The van der Waals surface area contributed by atoms with Crippen molar-refractivity contribution in [2.45, 2.75) is 79.3 Å². The summed E-state index contributed by atoms with van der Waals surface area (Å²) in [6, 6.07) is 0.819. The van der Waals surface area contributed by atoms with Crippen molar-refractivity contribution in [1.29, 1.82) is 0 Å². The first kappa shape index (κ1) is 16.0. The predicted octanol–water partition coefficient (Wildman–Crippen LogP) is 3.59. The molecule has 2 N–H and O–H groups in total. The normalized spacial score (nSPS) is 25.3. The minimum Gasteiger partial charge on any atom is -0.395 e. The third-order valence-corrected chi connectivity index (χ3v) is 4.00. The van der Waals surface area contributed by atoms with Crippen LogP contribution in [-0.4, -0.2) is 23.8 Å². The summed E-state index contributed by atoms with van der Waals surface area (Å²) in [6.07, 6.45) is 4.82. The predicted molar refractivity (Wildman–Crippen MR) is 78.7 cm³/mol. The summed E-state index contributed by atoms with van der Waals surface area (Å²) in [5.41, 5.74) is 0.828. The Balaban J connectivity index is 2.59. The average Bonchev–Trinajstić information content (AvgIpc) is 2.10. The van der Waals surface area contributed by atoms with Gasteiger partial charge in [0.25, 0.3) is 0 Å². The molecular formula is C16H33NO. The zero-order valence-electron chi connectivity index (χ0n) is 13.2. The van der Waals surface area contributed by atoms with E-state index < -0.39 is 0 Å². The number of rotatable bonds is 5. The summed E-state index contributed by atoms with van der Waals surface area (Å²) >= 11 is 0. The van der Waals surface area contributed by atoms with Crippen LogP contribution in [0.3, 0.4) is 0 Å². The molecule has 108 valence electrons. The van der Waals surface area contributed by atoms with Crippen molar-refractivity contribution in [2.75, 3.05) is 6.61 Å². The summed E-state index contributed by atoms with van der Waals surface area (Å²) in [4.78, 5) is 0. The Hall–Kier alpha value is -0.0800. The van der Waals surface area contributed by atoms with Gasteiger partial charge in [0.15, 0.2) is 0 Å². The molecule has 1 aliphatic rings. The van der Waals surface area contributed by atoms with Gasteiger partial charge in [0.1, 0.15) is 0 Å². The minimum atomic E-state index is 0.259. The molecule has 0 radical (unpaired) electrons. The standard InChI is InChI=1S/C16H33NO/c1-12(2)7-13(10-18)17-14-8-15(3,4)11-16(5,6)9-14/h12-14,17-18H,7-11H2,1-6H3. The zero-order chi connectivity index (χ0) is 14.0. The van der Waals surface area contributed by atoms with Crippen molar-refractivity contribution in [1.82, 2.24) is 5.32 Å². The van der Waals surface area contributed by atoms with Crippen LogP contribution < -0.4 is 5.32 Å². The highest BCUT2D eigenvalue weighted by Crippen LogP contribution is 2.45. The maximum absolute atomic E-state index is 9.50. The molecule has 0 heterocycles. The monoisotopic (exact) mass is 255 g/mol. The molecule has 2 heteroatoms. The van der Waals surface area contributed by atoms with Crippen LogP contribution in [0.1, 0.15) is 67.2 Å². The molecular weight excluding hydrogens is 222 g/mol. The Bertz CT molecular complexity index is 242. The molecule has 0 spiro atoms.